The van der Waals surface area contributed by atoms with E-state index in [4.69, 9.17) is 0 Å². The van der Waals surface area contributed by atoms with Gasteiger partial charge in [-0.15, -0.1) is 0 Å². The van der Waals surface area contributed by atoms with Crippen LogP contribution in [0.15, 0.2) is 4.99 Å². The average molecular weight is 268 g/mol. The van der Waals surface area contributed by atoms with Crippen molar-refractivity contribution in [3.63, 3.8) is 0 Å². The van der Waals surface area contributed by atoms with Crippen molar-refractivity contribution in [2.75, 3.05) is 13.6 Å². The molecule has 0 bridgehead atoms. The van der Waals surface area contributed by atoms with Crippen LogP contribution in [0.2, 0.25) is 0 Å². The Morgan fingerprint density at radius 1 is 1.26 bits per heavy atom. The van der Waals surface area contributed by atoms with E-state index in [2.05, 4.69) is 20.9 Å². The number of carbonyl (C=O) groups is 1. The Balaban J connectivity index is 2.19. The fourth-order valence-electron chi connectivity index (χ4n) is 2.32. The normalized spacial score (nSPS) is 17.4. The highest BCUT2D eigenvalue weighted by Gasteiger charge is 2.14. The van der Waals surface area contributed by atoms with Gasteiger partial charge in [0.25, 0.3) is 0 Å². The van der Waals surface area contributed by atoms with E-state index >= 15 is 0 Å². The predicted molar refractivity (Wildman–Crippen MR) is 79.3 cm³/mol. The highest BCUT2D eigenvalue weighted by atomic mass is 16.1. The summed E-state index contributed by atoms with van der Waals surface area (Å²) in [6.45, 7) is 4.55. The van der Waals surface area contributed by atoms with E-state index in [1.807, 2.05) is 13.8 Å². The van der Waals surface area contributed by atoms with Crippen LogP contribution in [0, 0.1) is 0 Å². The summed E-state index contributed by atoms with van der Waals surface area (Å²) in [5.74, 6) is 0.889. The molecule has 0 aromatic carbocycles. The third kappa shape index (κ3) is 7.03. The minimum Gasteiger partial charge on any atom is -0.356 e. The largest absolute Gasteiger partial charge is 0.356 e. The molecule has 0 saturated heterocycles. The fourth-order valence-corrected chi connectivity index (χ4v) is 2.32. The van der Waals surface area contributed by atoms with E-state index in [0.29, 0.717) is 19.0 Å². The summed E-state index contributed by atoms with van der Waals surface area (Å²) in [6.07, 6.45) is 6.85. The quantitative estimate of drug-likeness (QED) is 0.521. The number of aliphatic imine (C=N–C) groups is 1. The second kappa shape index (κ2) is 8.77. The maximum Gasteiger partial charge on any atom is 0.221 e. The van der Waals surface area contributed by atoms with Gasteiger partial charge in [0, 0.05) is 32.1 Å². The highest BCUT2D eigenvalue weighted by Crippen LogP contribution is 2.17. The molecule has 0 radical (unpaired) electrons. The number of hydrogen-bond acceptors (Lipinski definition) is 2. The molecule has 0 aliphatic heterocycles. The molecular formula is C14H28N4O. The van der Waals surface area contributed by atoms with Crippen molar-refractivity contribution >= 4 is 11.9 Å². The van der Waals surface area contributed by atoms with Gasteiger partial charge in [-0.25, -0.2) is 0 Å². The molecule has 0 unspecified atom stereocenters. The van der Waals surface area contributed by atoms with E-state index in [9.17, 15) is 4.79 Å². The summed E-state index contributed by atoms with van der Waals surface area (Å²) in [7, 11) is 1.77. The van der Waals surface area contributed by atoms with Gasteiger partial charge >= 0.3 is 0 Å². The number of nitrogens with zero attached hydrogens (tertiary/aromatic N) is 1. The number of rotatable bonds is 5. The van der Waals surface area contributed by atoms with Crippen LogP contribution in [0.3, 0.4) is 0 Å². The number of nitrogens with one attached hydrogen (secondary N) is 3. The molecule has 0 atom stereocenters. The summed E-state index contributed by atoms with van der Waals surface area (Å²) >= 11 is 0. The minimum absolute atomic E-state index is 0.0793. The molecule has 1 aliphatic carbocycles. The number of amides is 1. The smallest absolute Gasteiger partial charge is 0.221 e. The molecule has 1 fully saturated rings. The first-order chi connectivity index (χ1) is 9.11. The third-order valence-corrected chi connectivity index (χ3v) is 3.26. The second-order valence-corrected chi connectivity index (χ2v) is 5.45. The van der Waals surface area contributed by atoms with Gasteiger partial charge < -0.3 is 16.0 Å². The summed E-state index contributed by atoms with van der Waals surface area (Å²) < 4.78 is 0. The summed E-state index contributed by atoms with van der Waals surface area (Å²) in [5.41, 5.74) is 0. The maximum absolute atomic E-state index is 11.5. The standard InChI is InChI=1S/C14H28N4O/c1-11(2)17-13(19)9-10-16-14(15-3)18-12-7-5-4-6-8-12/h11-12H,4-10H2,1-3H3,(H,17,19)(H2,15,16,18). The second-order valence-electron chi connectivity index (χ2n) is 5.45. The molecular weight excluding hydrogens is 240 g/mol. The molecule has 0 spiro atoms. The van der Waals surface area contributed by atoms with E-state index in [1.165, 1.54) is 32.1 Å². The molecule has 19 heavy (non-hydrogen) atoms. The zero-order valence-electron chi connectivity index (χ0n) is 12.5. The van der Waals surface area contributed by atoms with Gasteiger partial charge in [-0.05, 0) is 26.7 Å². The fraction of sp³-hybridized carbons (Fsp3) is 0.857. The Bertz CT molecular complexity index is 296. The molecule has 1 aliphatic rings. The maximum atomic E-state index is 11.5. The third-order valence-electron chi connectivity index (χ3n) is 3.26. The Morgan fingerprint density at radius 3 is 2.53 bits per heavy atom. The van der Waals surface area contributed by atoms with Gasteiger partial charge in [0.15, 0.2) is 5.96 Å². The zero-order chi connectivity index (χ0) is 14.1. The average Bonchev–Trinajstić information content (AvgIpc) is 2.38. The first-order valence-electron chi connectivity index (χ1n) is 7.38. The van der Waals surface area contributed by atoms with E-state index in [-0.39, 0.29) is 11.9 Å². The van der Waals surface area contributed by atoms with Crippen molar-refractivity contribution in [1.29, 1.82) is 0 Å². The first-order valence-corrected chi connectivity index (χ1v) is 7.38. The summed E-state index contributed by atoms with van der Waals surface area (Å²) in [6, 6.07) is 0.733. The summed E-state index contributed by atoms with van der Waals surface area (Å²) in [5, 5.41) is 9.50. The van der Waals surface area contributed by atoms with Gasteiger partial charge in [0.2, 0.25) is 5.91 Å². The van der Waals surface area contributed by atoms with E-state index in [0.717, 1.165) is 5.96 Å². The van der Waals surface area contributed by atoms with Crippen LogP contribution in [0.25, 0.3) is 0 Å². The molecule has 1 amide bonds. The number of guanidine groups is 1. The van der Waals surface area contributed by atoms with Crippen LogP contribution in [-0.2, 0) is 4.79 Å². The monoisotopic (exact) mass is 268 g/mol. The Morgan fingerprint density at radius 2 is 1.95 bits per heavy atom. The van der Waals surface area contributed by atoms with E-state index < -0.39 is 0 Å². The lowest BCUT2D eigenvalue weighted by Crippen LogP contribution is -2.45. The van der Waals surface area contributed by atoms with Gasteiger partial charge in [0.1, 0.15) is 0 Å². The van der Waals surface area contributed by atoms with Crippen LogP contribution in [0.5, 0.6) is 0 Å². The Labute approximate surface area is 116 Å². The van der Waals surface area contributed by atoms with Crippen LogP contribution in [0.4, 0.5) is 0 Å². The van der Waals surface area contributed by atoms with Crippen molar-refractivity contribution in [2.45, 2.75) is 64.5 Å². The Kier molecular flexibility index (Phi) is 7.30. The molecule has 0 aromatic heterocycles. The molecule has 5 nitrogen and oxygen atoms in total. The van der Waals surface area contributed by atoms with Crippen molar-refractivity contribution < 1.29 is 4.79 Å². The number of carbonyl (C=O) groups excluding carboxylic acids is 1. The van der Waals surface area contributed by atoms with Crippen LogP contribution < -0.4 is 16.0 Å². The predicted octanol–water partition coefficient (Wildman–Crippen LogP) is 1.40. The minimum atomic E-state index is 0.0793. The van der Waals surface area contributed by atoms with Gasteiger partial charge in [-0.2, -0.15) is 0 Å². The summed E-state index contributed by atoms with van der Waals surface area (Å²) in [4.78, 5) is 15.7. The van der Waals surface area contributed by atoms with Crippen LogP contribution in [-0.4, -0.2) is 37.5 Å². The van der Waals surface area contributed by atoms with Crippen molar-refractivity contribution in [2.24, 2.45) is 4.99 Å². The molecule has 3 N–H and O–H groups in total. The molecule has 5 heteroatoms. The lowest BCUT2D eigenvalue weighted by Gasteiger charge is -2.24. The lowest BCUT2D eigenvalue weighted by molar-refractivity contribution is -0.121. The SMILES string of the molecule is CN=C(NCCC(=O)NC(C)C)NC1CCCCC1. The first kappa shape index (κ1) is 15.8. The highest BCUT2D eigenvalue weighted by molar-refractivity contribution is 5.81. The molecule has 110 valence electrons. The van der Waals surface area contributed by atoms with Gasteiger partial charge in [-0.3, -0.25) is 9.79 Å². The van der Waals surface area contributed by atoms with Crippen LogP contribution >= 0.6 is 0 Å². The van der Waals surface area contributed by atoms with Crippen LogP contribution in [0.1, 0.15) is 52.4 Å². The van der Waals surface area contributed by atoms with Crippen molar-refractivity contribution in [3.05, 3.63) is 0 Å². The topological polar surface area (TPSA) is 65.5 Å². The molecule has 1 saturated carbocycles. The van der Waals surface area contributed by atoms with Gasteiger partial charge in [0.05, 0.1) is 0 Å². The Hall–Kier alpha value is -1.26. The molecule has 0 heterocycles. The lowest BCUT2D eigenvalue weighted by atomic mass is 9.96. The zero-order valence-corrected chi connectivity index (χ0v) is 12.5. The molecule has 0 aromatic rings. The van der Waals surface area contributed by atoms with Gasteiger partial charge in [-0.1, -0.05) is 19.3 Å². The number of hydrogen-bond donors (Lipinski definition) is 3. The van der Waals surface area contributed by atoms with Crippen molar-refractivity contribution in [3.8, 4) is 0 Å². The molecule has 1 rings (SSSR count). The van der Waals surface area contributed by atoms with E-state index in [1.54, 1.807) is 7.05 Å². The van der Waals surface area contributed by atoms with Crippen molar-refractivity contribution in [1.82, 2.24) is 16.0 Å².